The third kappa shape index (κ3) is 5.85. The summed E-state index contributed by atoms with van der Waals surface area (Å²) >= 11 is 0. The number of anilines is 1. The van der Waals surface area contributed by atoms with E-state index in [1.54, 1.807) is 6.19 Å². The van der Waals surface area contributed by atoms with Crippen molar-refractivity contribution in [3.05, 3.63) is 29.3 Å². The molecule has 1 saturated carbocycles. The first-order valence-electron chi connectivity index (χ1n) is 7.35. The van der Waals surface area contributed by atoms with Crippen LogP contribution < -0.4 is 10.6 Å². The Labute approximate surface area is 139 Å². The van der Waals surface area contributed by atoms with Crippen molar-refractivity contribution in [2.75, 3.05) is 11.9 Å². The fourth-order valence-corrected chi connectivity index (χ4v) is 2.09. The van der Waals surface area contributed by atoms with E-state index in [9.17, 15) is 26.3 Å². The second kappa shape index (κ2) is 7.21. The maximum Gasteiger partial charge on any atom is 0.416 e. The molecule has 2 N–H and O–H groups in total. The Kier molecular flexibility index (Phi) is 5.45. The van der Waals surface area contributed by atoms with Gasteiger partial charge >= 0.3 is 12.4 Å². The molecule has 0 aromatic heterocycles. The van der Waals surface area contributed by atoms with Crippen molar-refractivity contribution in [2.45, 2.75) is 31.6 Å². The van der Waals surface area contributed by atoms with Crippen LogP contribution in [-0.2, 0) is 12.4 Å². The smallest absolute Gasteiger partial charge is 0.326 e. The molecule has 0 radical (unpaired) electrons. The van der Waals surface area contributed by atoms with E-state index in [1.165, 1.54) is 0 Å². The number of rotatable bonds is 4. The van der Waals surface area contributed by atoms with Crippen LogP contribution in [0.2, 0.25) is 0 Å². The summed E-state index contributed by atoms with van der Waals surface area (Å²) in [5.41, 5.74) is -3.35. The summed E-state index contributed by atoms with van der Waals surface area (Å²) in [6, 6.07) is 1.10. The van der Waals surface area contributed by atoms with Crippen molar-refractivity contribution < 1.29 is 26.3 Å². The minimum Gasteiger partial charge on any atom is -0.326 e. The summed E-state index contributed by atoms with van der Waals surface area (Å²) in [5.74, 6) is 0.341. The highest BCUT2D eigenvalue weighted by Gasteiger charge is 2.37. The van der Waals surface area contributed by atoms with Gasteiger partial charge in [0.2, 0.25) is 5.96 Å². The van der Waals surface area contributed by atoms with Gasteiger partial charge in [0, 0.05) is 12.2 Å². The van der Waals surface area contributed by atoms with Crippen LogP contribution >= 0.6 is 0 Å². The molecule has 10 heteroatoms. The van der Waals surface area contributed by atoms with E-state index in [2.05, 4.69) is 15.6 Å². The number of aliphatic imine (C=N–C) groups is 1. The van der Waals surface area contributed by atoms with Crippen molar-refractivity contribution in [1.82, 2.24) is 5.32 Å². The first kappa shape index (κ1) is 18.9. The number of nitrogens with one attached hydrogen (secondary N) is 2. The summed E-state index contributed by atoms with van der Waals surface area (Å²) in [4.78, 5) is 3.98. The molecule has 1 aliphatic carbocycles. The lowest BCUT2D eigenvalue weighted by atomic mass is 10.1. The first-order chi connectivity index (χ1) is 11.6. The third-order valence-electron chi connectivity index (χ3n) is 3.53. The lowest BCUT2D eigenvalue weighted by Gasteiger charge is -2.15. The Morgan fingerprint density at radius 2 is 1.64 bits per heavy atom. The predicted octanol–water partition coefficient (Wildman–Crippen LogP) is 4.36. The van der Waals surface area contributed by atoms with E-state index < -0.39 is 29.2 Å². The monoisotopic (exact) mass is 364 g/mol. The second-order valence-electron chi connectivity index (χ2n) is 5.62. The molecule has 1 aromatic carbocycles. The molecule has 0 spiro atoms. The maximum atomic E-state index is 12.8. The Balaban J connectivity index is 2.26. The summed E-state index contributed by atoms with van der Waals surface area (Å²) in [6.07, 6.45) is -5.44. The Morgan fingerprint density at radius 1 is 1.08 bits per heavy atom. The molecule has 0 aliphatic heterocycles. The van der Waals surface area contributed by atoms with Crippen LogP contribution in [0.4, 0.5) is 32.0 Å². The minimum atomic E-state index is -4.94. The highest BCUT2D eigenvalue weighted by Crippen LogP contribution is 2.37. The van der Waals surface area contributed by atoms with Gasteiger partial charge in [-0.3, -0.25) is 10.3 Å². The van der Waals surface area contributed by atoms with Crippen molar-refractivity contribution in [2.24, 2.45) is 10.9 Å². The van der Waals surface area contributed by atoms with E-state index in [0.29, 0.717) is 24.6 Å². The SMILES string of the molecule is N#CN/C(=N\CCC1CC1)Nc1cc(C(F)(F)F)cc(C(F)(F)F)c1. The minimum absolute atomic E-state index is 0.0345. The topological polar surface area (TPSA) is 60.2 Å². The zero-order valence-corrected chi connectivity index (χ0v) is 12.8. The molecule has 136 valence electrons. The number of nitrogens with zero attached hydrogens (tertiary/aromatic N) is 2. The zero-order valence-electron chi connectivity index (χ0n) is 12.8. The van der Waals surface area contributed by atoms with Gasteiger partial charge in [-0.15, -0.1) is 0 Å². The third-order valence-corrected chi connectivity index (χ3v) is 3.53. The number of guanidine groups is 1. The van der Waals surface area contributed by atoms with Gasteiger partial charge in [0.05, 0.1) is 11.1 Å². The summed E-state index contributed by atoms with van der Waals surface area (Å²) in [7, 11) is 0. The Morgan fingerprint density at radius 3 is 2.08 bits per heavy atom. The van der Waals surface area contributed by atoms with E-state index in [1.807, 2.05) is 0 Å². The van der Waals surface area contributed by atoms with Gasteiger partial charge in [-0.05, 0) is 30.5 Å². The fourth-order valence-electron chi connectivity index (χ4n) is 2.09. The number of nitriles is 1. The molecular formula is C15H14F6N4. The molecular weight excluding hydrogens is 350 g/mol. The maximum absolute atomic E-state index is 12.8. The van der Waals surface area contributed by atoms with Crippen molar-refractivity contribution in [3.63, 3.8) is 0 Å². The molecule has 4 nitrogen and oxygen atoms in total. The number of alkyl halides is 6. The summed E-state index contributed by atoms with van der Waals surface area (Å²) in [6.45, 7) is 0.312. The highest BCUT2D eigenvalue weighted by atomic mass is 19.4. The second-order valence-corrected chi connectivity index (χ2v) is 5.62. The molecule has 0 amide bonds. The van der Waals surface area contributed by atoms with E-state index in [4.69, 9.17) is 5.26 Å². The van der Waals surface area contributed by atoms with E-state index in [0.717, 1.165) is 19.3 Å². The number of benzene rings is 1. The lowest BCUT2D eigenvalue weighted by molar-refractivity contribution is -0.143. The molecule has 0 atom stereocenters. The van der Waals surface area contributed by atoms with Gasteiger partial charge in [0.1, 0.15) is 0 Å². The van der Waals surface area contributed by atoms with Crippen molar-refractivity contribution in [1.29, 1.82) is 5.26 Å². The zero-order chi connectivity index (χ0) is 18.7. The van der Waals surface area contributed by atoms with Crippen LogP contribution in [0.5, 0.6) is 0 Å². The quantitative estimate of drug-likeness (QED) is 0.274. The van der Waals surface area contributed by atoms with Crippen molar-refractivity contribution in [3.8, 4) is 6.19 Å². The van der Waals surface area contributed by atoms with E-state index in [-0.39, 0.29) is 12.0 Å². The predicted molar refractivity (Wildman–Crippen MR) is 78.5 cm³/mol. The van der Waals surface area contributed by atoms with Gasteiger partial charge < -0.3 is 5.32 Å². The fraction of sp³-hybridized carbons (Fsp3) is 0.467. The Hall–Kier alpha value is -2.44. The van der Waals surface area contributed by atoms with Gasteiger partial charge in [-0.1, -0.05) is 12.8 Å². The Bertz CT molecular complexity index is 650. The number of hydrogen-bond acceptors (Lipinski definition) is 2. The van der Waals surface area contributed by atoms with Crippen molar-refractivity contribution >= 4 is 11.6 Å². The average molecular weight is 364 g/mol. The summed E-state index contributed by atoms with van der Waals surface area (Å²) in [5, 5.41) is 13.1. The molecule has 1 fully saturated rings. The molecule has 1 aromatic rings. The standard InChI is InChI=1S/C15H14F6N4/c16-14(17,18)10-5-11(15(19,20)21)7-12(6-10)25-13(24-8-22)23-4-3-9-1-2-9/h5-7,9H,1-4H2,(H2,23,24,25). The van der Waals surface area contributed by atoms with Gasteiger partial charge in [0.25, 0.3) is 0 Å². The van der Waals surface area contributed by atoms with Crippen LogP contribution in [0.3, 0.4) is 0 Å². The van der Waals surface area contributed by atoms with Crippen LogP contribution in [0.15, 0.2) is 23.2 Å². The highest BCUT2D eigenvalue weighted by molar-refractivity contribution is 5.94. The number of hydrogen-bond donors (Lipinski definition) is 2. The summed E-state index contributed by atoms with van der Waals surface area (Å²) < 4.78 is 77.0. The van der Waals surface area contributed by atoms with Gasteiger partial charge in [0.15, 0.2) is 6.19 Å². The first-order valence-corrected chi connectivity index (χ1v) is 7.35. The van der Waals surface area contributed by atoms with Crippen LogP contribution in [0, 0.1) is 17.4 Å². The van der Waals surface area contributed by atoms with Crippen LogP contribution in [0.1, 0.15) is 30.4 Å². The lowest BCUT2D eigenvalue weighted by Crippen LogP contribution is -2.27. The van der Waals surface area contributed by atoms with Crippen LogP contribution in [-0.4, -0.2) is 12.5 Å². The van der Waals surface area contributed by atoms with E-state index >= 15 is 0 Å². The normalized spacial score (nSPS) is 15.6. The molecule has 0 heterocycles. The molecule has 25 heavy (non-hydrogen) atoms. The number of halogens is 6. The molecule has 0 unspecified atom stereocenters. The van der Waals surface area contributed by atoms with Gasteiger partial charge in [-0.2, -0.15) is 31.6 Å². The molecule has 2 rings (SSSR count). The van der Waals surface area contributed by atoms with Gasteiger partial charge in [-0.25, -0.2) is 0 Å². The largest absolute Gasteiger partial charge is 0.416 e. The molecule has 0 bridgehead atoms. The molecule has 0 saturated heterocycles. The molecule has 1 aliphatic rings. The average Bonchev–Trinajstić information content (AvgIpc) is 3.29. The van der Waals surface area contributed by atoms with Crippen LogP contribution in [0.25, 0.3) is 0 Å².